The highest BCUT2D eigenvalue weighted by Gasteiger charge is 2.05. The smallest absolute Gasteiger partial charge is 0.217 e. The predicted molar refractivity (Wildman–Crippen MR) is 66.4 cm³/mol. The fourth-order valence-electron chi connectivity index (χ4n) is 1.24. The van der Waals surface area contributed by atoms with Crippen LogP contribution >= 0.6 is 12.6 Å². The molecule has 0 N–H and O–H groups in total. The van der Waals surface area contributed by atoms with Gasteiger partial charge in [0.15, 0.2) is 0 Å². The molecule has 1 aromatic heterocycles. The Hall–Kier alpha value is -1.42. The molecular weight excluding hydrogens is 225 g/mol. The maximum Gasteiger partial charge on any atom is 0.217 e. The molecule has 4 heteroatoms. The Bertz CT molecular complexity index is 513. The number of para-hydroxylation sites is 1. The Morgan fingerprint density at radius 1 is 1.38 bits per heavy atom. The van der Waals surface area contributed by atoms with Crippen molar-refractivity contribution in [2.24, 2.45) is 0 Å². The second-order valence-corrected chi connectivity index (χ2v) is 3.25. The van der Waals surface area contributed by atoms with Crippen LogP contribution in [0.25, 0.3) is 10.9 Å². The van der Waals surface area contributed by atoms with E-state index >= 15 is 0 Å². The van der Waals surface area contributed by atoms with Crippen LogP contribution in [0.2, 0.25) is 0 Å². The number of carbonyl (C=O) groups excluding carboxylic acids is 1. The van der Waals surface area contributed by atoms with Crippen molar-refractivity contribution in [3.8, 4) is 0 Å². The molecule has 16 heavy (non-hydrogen) atoms. The van der Waals surface area contributed by atoms with Crippen LogP contribution in [0, 0.1) is 5.82 Å². The maximum atomic E-state index is 13.2. The highest BCUT2D eigenvalue weighted by molar-refractivity contribution is 7.97. The van der Waals surface area contributed by atoms with Crippen molar-refractivity contribution in [3.05, 3.63) is 41.8 Å². The standard InChI is InChI=1S/C10H6FNOS.C2H6/c11-8-3-1-2-6-4-7(10(13)14)5-12-9(6)8;1-2/h1-5H,(H,13,14);1-2H3. The van der Waals surface area contributed by atoms with Crippen LogP contribution in [0.3, 0.4) is 0 Å². The third kappa shape index (κ3) is 2.58. The summed E-state index contributed by atoms with van der Waals surface area (Å²) < 4.78 is 13.2. The minimum atomic E-state index is -0.388. The van der Waals surface area contributed by atoms with Crippen LogP contribution < -0.4 is 0 Å². The molecule has 0 aliphatic heterocycles. The van der Waals surface area contributed by atoms with Gasteiger partial charge in [0.1, 0.15) is 11.3 Å². The van der Waals surface area contributed by atoms with E-state index in [1.807, 2.05) is 13.8 Å². The minimum absolute atomic E-state index is 0.269. The molecule has 0 fully saturated rings. The van der Waals surface area contributed by atoms with E-state index in [-0.39, 0.29) is 16.4 Å². The monoisotopic (exact) mass is 237 g/mol. The molecule has 0 saturated heterocycles. The number of pyridine rings is 1. The quantitative estimate of drug-likeness (QED) is 0.770. The molecule has 0 unspecified atom stereocenters. The molecule has 84 valence electrons. The third-order valence-electron chi connectivity index (χ3n) is 1.91. The summed E-state index contributed by atoms with van der Waals surface area (Å²) in [5, 5.41) is 0.230. The largest absolute Gasteiger partial charge is 0.282 e. The Morgan fingerprint density at radius 2 is 2.06 bits per heavy atom. The molecule has 0 amide bonds. The number of benzene rings is 1. The Kier molecular flexibility index (Phi) is 4.43. The predicted octanol–water partition coefficient (Wildman–Crippen LogP) is 3.47. The molecule has 0 atom stereocenters. The Morgan fingerprint density at radius 3 is 2.69 bits per heavy atom. The van der Waals surface area contributed by atoms with Crippen LogP contribution in [0.15, 0.2) is 30.5 Å². The van der Waals surface area contributed by atoms with E-state index in [2.05, 4.69) is 17.6 Å². The van der Waals surface area contributed by atoms with Gasteiger partial charge in [0.25, 0.3) is 0 Å². The van der Waals surface area contributed by atoms with Gasteiger partial charge in [-0.25, -0.2) is 4.39 Å². The molecule has 2 rings (SSSR count). The molecule has 0 saturated carbocycles. The number of fused-ring (bicyclic) bond motifs is 1. The first kappa shape index (κ1) is 12.6. The fraction of sp³-hybridized carbons (Fsp3) is 0.167. The third-order valence-corrected chi connectivity index (χ3v) is 2.17. The first-order valence-electron chi connectivity index (χ1n) is 4.96. The second-order valence-electron chi connectivity index (χ2n) is 2.84. The highest BCUT2D eigenvalue weighted by atomic mass is 32.1. The molecule has 0 aliphatic carbocycles. The van der Waals surface area contributed by atoms with Crippen molar-refractivity contribution in [1.82, 2.24) is 4.98 Å². The lowest BCUT2D eigenvalue weighted by molar-refractivity contribution is 0.109. The summed E-state index contributed by atoms with van der Waals surface area (Å²) in [6.45, 7) is 4.00. The molecule has 0 bridgehead atoms. The summed E-state index contributed by atoms with van der Waals surface area (Å²) >= 11 is 3.67. The van der Waals surface area contributed by atoms with E-state index < -0.39 is 0 Å². The Balaban J connectivity index is 0.000000606. The molecule has 0 spiro atoms. The summed E-state index contributed by atoms with van der Waals surface area (Å²) in [5.74, 6) is -0.388. The normalized spacial score (nSPS) is 9.50. The van der Waals surface area contributed by atoms with Crippen molar-refractivity contribution in [1.29, 1.82) is 0 Å². The summed E-state index contributed by atoms with van der Waals surface area (Å²) in [4.78, 5) is 14.8. The maximum absolute atomic E-state index is 13.2. The van der Waals surface area contributed by atoms with Crippen molar-refractivity contribution >= 4 is 28.6 Å². The number of rotatable bonds is 1. The molecule has 0 radical (unpaired) electrons. The number of hydrogen-bond acceptors (Lipinski definition) is 2. The van der Waals surface area contributed by atoms with Crippen molar-refractivity contribution in [2.45, 2.75) is 13.8 Å². The van der Waals surface area contributed by atoms with E-state index in [0.29, 0.717) is 10.9 Å². The summed E-state index contributed by atoms with van der Waals surface area (Å²) in [5.41, 5.74) is 0.636. The number of thiol groups is 1. The molecule has 0 aliphatic rings. The van der Waals surface area contributed by atoms with E-state index in [1.165, 1.54) is 12.3 Å². The lowest BCUT2D eigenvalue weighted by Gasteiger charge is -1.99. The van der Waals surface area contributed by atoms with Gasteiger partial charge in [0, 0.05) is 17.1 Å². The molecule has 2 aromatic rings. The topological polar surface area (TPSA) is 30.0 Å². The number of hydrogen-bond donors (Lipinski definition) is 1. The van der Waals surface area contributed by atoms with Crippen molar-refractivity contribution in [2.75, 3.05) is 0 Å². The van der Waals surface area contributed by atoms with Gasteiger partial charge in [-0.2, -0.15) is 0 Å². The number of halogens is 1. The van der Waals surface area contributed by atoms with E-state index in [0.717, 1.165) is 0 Å². The number of aromatic nitrogens is 1. The summed E-state index contributed by atoms with van der Waals surface area (Å²) in [6.07, 6.45) is 1.32. The van der Waals surface area contributed by atoms with Crippen LogP contribution in [-0.4, -0.2) is 10.1 Å². The lowest BCUT2D eigenvalue weighted by atomic mass is 10.2. The Labute approximate surface area is 98.9 Å². The average Bonchev–Trinajstić information content (AvgIpc) is 2.31. The van der Waals surface area contributed by atoms with Gasteiger partial charge in [-0.3, -0.25) is 9.78 Å². The van der Waals surface area contributed by atoms with Gasteiger partial charge in [-0.1, -0.05) is 26.0 Å². The van der Waals surface area contributed by atoms with Gasteiger partial charge in [0.2, 0.25) is 5.12 Å². The SMILES string of the molecule is CC.O=C(S)c1cnc2c(F)cccc2c1. The zero-order chi connectivity index (χ0) is 12.1. The summed E-state index contributed by atoms with van der Waals surface area (Å²) in [6, 6.07) is 6.18. The number of nitrogens with zero attached hydrogens (tertiary/aromatic N) is 1. The van der Waals surface area contributed by atoms with E-state index in [9.17, 15) is 9.18 Å². The highest BCUT2D eigenvalue weighted by Crippen LogP contribution is 2.16. The first-order valence-corrected chi connectivity index (χ1v) is 5.41. The van der Waals surface area contributed by atoms with Gasteiger partial charge < -0.3 is 0 Å². The van der Waals surface area contributed by atoms with Crippen LogP contribution in [0.1, 0.15) is 24.2 Å². The molecule has 2 nitrogen and oxygen atoms in total. The zero-order valence-corrected chi connectivity index (χ0v) is 9.96. The van der Waals surface area contributed by atoms with Gasteiger partial charge in [0.05, 0.1) is 0 Å². The van der Waals surface area contributed by atoms with Crippen LogP contribution in [0.4, 0.5) is 4.39 Å². The first-order chi connectivity index (χ1) is 7.68. The molecular formula is C12H12FNOS. The molecule has 1 aromatic carbocycles. The zero-order valence-electron chi connectivity index (χ0n) is 9.07. The number of carbonyl (C=O) groups is 1. The second kappa shape index (κ2) is 5.61. The average molecular weight is 237 g/mol. The fourth-order valence-corrected chi connectivity index (χ4v) is 1.36. The minimum Gasteiger partial charge on any atom is -0.282 e. The lowest BCUT2D eigenvalue weighted by Crippen LogP contribution is -1.92. The van der Waals surface area contributed by atoms with E-state index in [1.54, 1.807) is 18.2 Å². The van der Waals surface area contributed by atoms with Crippen LogP contribution in [0.5, 0.6) is 0 Å². The van der Waals surface area contributed by atoms with E-state index in [4.69, 9.17) is 0 Å². The van der Waals surface area contributed by atoms with Crippen molar-refractivity contribution < 1.29 is 9.18 Å². The van der Waals surface area contributed by atoms with Gasteiger partial charge in [-0.05, 0) is 12.1 Å². The summed E-state index contributed by atoms with van der Waals surface area (Å²) in [7, 11) is 0. The van der Waals surface area contributed by atoms with Gasteiger partial charge >= 0.3 is 0 Å². The van der Waals surface area contributed by atoms with Crippen molar-refractivity contribution in [3.63, 3.8) is 0 Å². The van der Waals surface area contributed by atoms with Crippen LogP contribution in [-0.2, 0) is 0 Å². The van der Waals surface area contributed by atoms with Gasteiger partial charge in [-0.15, -0.1) is 12.6 Å². The molecule has 1 heterocycles.